The van der Waals surface area contributed by atoms with E-state index in [2.05, 4.69) is 21.6 Å². The molecule has 1 saturated heterocycles. The predicted molar refractivity (Wildman–Crippen MR) is 108 cm³/mol. The Hall–Kier alpha value is -3.86. The van der Waals surface area contributed by atoms with Crippen molar-refractivity contribution < 1.29 is 14.0 Å². The normalized spacial score (nSPS) is 14.3. The van der Waals surface area contributed by atoms with Gasteiger partial charge in [0.1, 0.15) is 11.5 Å². The molecular formula is C22H21N5O3. The Morgan fingerprint density at radius 3 is 2.67 bits per heavy atom. The molecule has 3 heterocycles. The fourth-order valence-corrected chi connectivity index (χ4v) is 3.60. The average molecular weight is 403 g/mol. The minimum atomic E-state index is -0.262. The van der Waals surface area contributed by atoms with E-state index in [-0.39, 0.29) is 17.7 Å². The molecule has 0 unspecified atom stereocenters. The van der Waals surface area contributed by atoms with Gasteiger partial charge in [-0.2, -0.15) is 10.4 Å². The molecule has 0 spiro atoms. The predicted octanol–water partition coefficient (Wildman–Crippen LogP) is 2.82. The highest BCUT2D eigenvalue weighted by Crippen LogP contribution is 2.28. The Bertz CT molecular complexity index is 1060. The molecule has 0 bridgehead atoms. The number of hydrogen-bond acceptors (Lipinski definition) is 5. The molecule has 2 amide bonds. The molecule has 3 aromatic rings. The van der Waals surface area contributed by atoms with E-state index in [0.717, 1.165) is 18.5 Å². The first-order valence-corrected chi connectivity index (χ1v) is 9.79. The van der Waals surface area contributed by atoms with Gasteiger partial charge in [0.15, 0.2) is 0 Å². The monoisotopic (exact) mass is 403 g/mol. The summed E-state index contributed by atoms with van der Waals surface area (Å²) in [5.74, 6) is 0.607. The Balaban J connectivity index is 1.31. The summed E-state index contributed by atoms with van der Waals surface area (Å²) in [5.41, 5.74) is 2.37. The number of amides is 2. The number of likely N-dealkylation sites (tertiary alicyclic amines) is 1. The lowest BCUT2D eigenvalue weighted by Crippen LogP contribution is -2.38. The third-order valence-electron chi connectivity index (χ3n) is 5.32. The van der Waals surface area contributed by atoms with Gasteiger partial charge in [-0.05, 0) is 55.3 Å². The van der Waals surface area contributed by atoms with Gasteiger partial charge in [0.25, 0.3) is 11.8 Å². The lowest BCUT2D eigenvalue weighted by Gasteiger charge is -2.31. The van der Waals surface area contributed by atoms with Gasteiger partial charge in [0, 0.05) is 30.3 Å². The lowest BCUT2D eigenvalue weighted by molar-refractivity contribution is 0.0712. The number of carbonyl (C=O) groups excluding carboxylic acids is 2. The molecule has 1 fully saturated rings. The van der Waals surface area contributed by atoms with E-state index in [1.807, 2.05) is 4.90 Å². The summed E-state index contributed by atoms with van der Waals surface area (Å²) in [4.78, 5) is 26.8. The topological polar surface area (TPSA) is 115 Å². The zero-order chi connectivity index (χ0) is 20.9. The molecule has 4 rings (SSSR count). The first-order chi connectivity index (χ1) is 14.6. The number of piperidine rings is 1. The Labute approximate surface area is 173 Å². The van der Waals surface area contributed by atoms with Gasteiger partial charge in [-0.1, -0.05) is 0 Å². The number of benzene rings is 1. The zero-order valence-electron chi connectivity index (χ0n) is 16.3. The van der Waals surface area contributed by atoms with Gasteiger partial charge in [-0.15, -0.1) is 0 Å². The summed E-state index contributed by atoms with van der Waals surface area (Å²) in [6.45, 7) is 1.56. The first kappa shape index (κ1) is 19.5. The van der Waals surface area contributed by atoms with Crippen molar-refractivity contribution in [2.75, 3.05) is 13.1 Å². The van der Waals surface area contributed by atoms with Crippen LogP contribution >= 0.6 is 0 Å². The highest BCUT2D eigenvalue weighted by molar-refractivity contribution is 5.94. The van der Waals surface area contributed by atoms with Crippen molar-refractivity contribution in [3.63, 3.8) is 0 Å². The number of H-pyrrole nitrogens is 1. The molecule has 8 nitrogen and oxygen atoms in total. The molecule has 8 heteroatoms. The fourth-order valence-electron chi connectivity index (χ4n) is 3.60. The van der Waals surface area contributed by atoms with E-state index in [1.54, 1.807) is 48.7 Å². The van der Waals surface area contributed by atoms with E-state index in [9.17, 15) is 9.59 Å². The highest BCUT2D eigenvalue weighted by atomic mass is 16.3. The number of aromatic nitrogens is 2. The van der Waals surface area contributed by atoms with Gasteiger partial charge < -0.3 is 14.6 Å². The number of nitrogens with one attached hydrogen (secondary N) is 2. The minimum absolute atomic E-state index is 0.0273. The molecule has 1 aromatic carbocycles. The van der Waals surface area contributed by atoms with Gasteiger partial charge in [0.2, 0.25) is 0 Å². The highest BCUT2D eigenvalue weighted by Gasteiger charge is 2.26. The largest absolute Gasteiger partial charge is 0.467 e. The maximum Gasteiger partial charge on any atom is 0.272 e. The number of hydrogen-bond donors (Lipinski definition) is 2. The second-order valence-corrected chi connectivity index (χ2v) is 7.23. The summed E-state index contributed by atoms with van der Waals surface area (Å²) in [6, 6.07) is 14.1. The molecule has 0 saturated carbocycles. The van der Waals surface area contributed by atoms with E-state index in [4.69, 9.17) is 9.68 Å². The zero-order valence-corrected chi connectivity index (χ0v) is 16.3. The van der Waals surface area contributed by atoms with E-state index in [1.165, 1.54) is 0 Å². The van der Waals surface area contributed by atoms with Crippen LogP contribution in [-0.4, -0.2) is 40.0 Å². The van der Waals surface area contributed by atoms with Crippen LogP contribution in [0.5, 0.6) is 0 Å². The van der Waals surface area contributed by atoms with Crippen LogP contribution in [0.15, 0.2) is 53.1 Å². The number of nitriles is 1. The van der Waals surface area contributed by atoms with Crippen LogP contribution in [0.3, 0.4) is 0 Å². The Morgan fingerprint density at radius 1 is 1.23 bits per heavy atom. The summed E-state index contributed by atoms with van der Waals surface area (Å²) in [7, 11) is 0. The number of carbonyl (C=O) groups is 2. The first-order valence-electron chi connectivity index (χ1n) is 9.79. The van der Waals surface area contributed by atoms with Crippen molar-refractivity contribution >= 4 is 11.8 Å². The lowest BCUT2D eigenvalue weighted by atomic mass is 9.93. The van der Waals surface area contributed by atoms with Crippen molar-refractivity contribution in [3.05, 3.63) is 77.0 Å². The summed E-state index contributed by atoms with van der Waals surface area (Å²) < 4.78 is 5.20. The number of rotatable bonds is 5. The summed E-state index contributed by atoms with van der Waals surface area (Å²) >= 11 is 0. The van der Waals surface area contributed by atoms with Crippen LogP contribution in [0.4, 0.5) is 0 Å². The van der Waals surface area contributed by atoms with Crippen LogP contribution in [0.25, 0.3) is 0 Å². The van der Waals surface area contributed by atoms with Crippen LogP contribution in [0.1, 0.15) is 56.6 Å². The molecule has 1 aliphatic rings. The van der Waals surface area contributed by atoms with Crippen molar-refractivity contribution in [2.24, 2.45) is 0 Å². The third kappa shape index (κ3) is 4.25. The Kier molecular flexibility index (Phi) is 5.61. The van der Waals surface area contributed by atoms with Gasteiger partial charge >= 0.3 is 0 Å². The SMILES string of the molecule is N#Cc1ccc(C(=O)N2CCC(c3cc(C(=O)NCc4ccco4)n[nH]3)CC2)cc1. The molecule has 2 N–H and O–H groups in total. The molecule has 152 valence electrons. The average Bonchev–Trinajstić information content (AvgIpc) is 3.49. The second-order valence-electron chi connectivity index (χ2n) is 7.23. The van der Waals surface area contributed by atoms with Crippen LogP contribution in [0.2, 0.25) is 0 Å². The quantitative estimate of drug-likeness (QED) is 0.680. The van der Waals surface area contributed by atoms with Gasteiger partial charge in [-0.3, -0.25) is 14.7 Å². The molecule has 1 aliphatic heterocycles. The molecular weight excluding hydrogens is 382 g/mol. The molecule has 0 aliphatic carbocycles. The standard InChI is InChI=1S/C22H21N5O3/c23-13-15-3-5-17(6-4-15)22(29)27-9-7-16(8-10-27)19-12-20(26-25-19)21(28)24-14-18-2-1-11-30-18/h1-6,11-12,16H,7-10,14H2,(H,24,28)(H,25,26). The van der Waals surface area contributed by atoms with Crippen molar-refractivity contribution in [1.82, 2.24) is 20.4 Å². The molecule has 0 atom stereocenters. The van der Waals surface area contributed by atoms with Gasteiger partial charge in [-0.25, -0.2) is 0 Å². The fraction of sp³-hybridized carbons (Fsp3) is 0.273. The van der Waals surface area contributed by atoms with E-state index >= 15 is 0 Å². The summed E-state index contributed by atoms with van der Waals surface area (Å²) in [6.07, 6.45) is 3.14. The van der Waals surface area contributed by atoms with Crippen molar-refractivity contribution in [1.29, 1.82) is 5.26 Å². The number of nitrogens with zero attached hydrogens (tertiary/aromatic N) is 3. The van der Waals surface area contributed by atoms with Crippen molar-refractivity contribution in [2.45, 2.75) is 25.3 Å². The molecule has 2 aromatic heterocycles. The molecule has 30 heavy (non-hydrogen) atoms. The van der Waals surface area contributed by atoms with Gasteiger partial charge in [0.05, 0.1) is 24.4 Å². The second kappa shape index (κ2) is 8.66. The van der Waals surface area contributed by atoms with Crippen LogP contribution < -0.4 is 5.32 Å². The van der Waals surface area contributed by atoms with E-state index in [0.29, 0.717) is 42.2 Å². The molecule has 0 radical (unpaired) electrons. The van der Waals surface area contributed by atoms with E-state index < -0.39 is 0 Å². The van der Waals surface area contributed by atoms with Crippen LogP contribution in [0, 0.1) is 11.3 Å². The number of furan rings is 1. The van der Waals surface area contributed by atoms with Crippen LogP contribution in [-0.2, 0) is 6.54 Å². The maximum atomic E-state index is 12.7. The smallest absolute Gasteiger partial charge is 0.272 e. The minimum Gasteiger partial charge on any atom is -0.467 e. The third-order valence-corrected chi connectivity index (χ3v) is 5.32. The maximum absolute atomic E-state index is 12.7. The summed E-state index contributed by atoms with van der Waals surface area (Å²) in [5, 5.41) is 18.8. The Morgan fingerprint density at radius 2 is 2.00 bits per heavy atom. The number of aromatic amines is 1. The van der Waals surface area contributed by atoms with Crippen molar-refractivity contribution in [3.8, 4) is 6.07 Å².